The van der Waals surface area contributed by atoms with Crippen LogP contribution in [0.3, 0.4) is 0 Å². The number of hydrogen-bond donors (Lipinski definition) is 0. The molecule has 0 heterocycles. The van der Waals surface area contributed by atoms with Crippen LogP contribution in [0.15, 0.2) is 3.34 Å². The maximum absolute atomic E-state index is 4.13. The minimum absolute atomic E-state index is 0. The van der Waals surface area contributed by atoms with E-state index in [0.29, 0.717) is 0 Å². The van der Waals surface area contributed by atoms with E-state index in [-0.39, 0.29) is 13.0 Å². The topological polar surface area (TPSA) is 12.4 Å². The number of hydrogen-bond acceptors (Lipinski definition) is 1. The maximum Gasteiger partial charge on any atom is -0.0582 e. The first-order valence-electron chi connectivity index (χ1n) is 7.56. The second kappa shape index (κ2) is 14.9. The Balaban J connectivity index is 0. The van der Waals surface area contributed by atoms with Gasteiger partial charge in [-0.1, -0.05) is 38.5 Å². The van der Waals surface area contributed by atoms with Gasteiger partial charge in [-0.25, -0.2) is 0 Å². The van der Waals surface area contributed by atoms with Crippen molar-refractivity contribution in [1.29, 1.82) is 0 Å². The third-order valence-electron chi connectivity index (χ3n) is 2.93. The molecule has 0 aliphatic heterocycles. The predicted octanol–water partition coefficient (Wildman–Crippen LogP) is 6.28. The summed E-state index contributed by atoms with van der Waals surface area (Å²) in [5.74, 6) is 0. The summed E-state index contributed by atoms with van der Waals surface area (Å²) >= 11 is 1.15. The Morgan fingerprint density at radius 2 is 1.00 bits per heavy atom. The number of nitrogens with zero attached hydrogens (tertiary/aromatic N) is 1. The first-order valence-corrected chi connectivity index (χ1v) is 8.99. The third kappa shape index (κ3) is 21.0. The smallest absolute Gasteiger partial charge is 0.0582 e. The molecule has 19 heavy (non-hydrogen) atoms. The molecule has 2 saturated carbocycles. The molecule has 0 aromatic carbocycles. The molecule has 0 aromatic heterocycles. The first-order chi connectivity index (χ1) is 8.56. The molecular formula is C17H34NTa-3. The molecule has 0 spiro atoms. The van der Waals surface area contributed by atoms with Gasteiger partial charge >= 0.3 is 50.5 Å². The molecule has 2 aliphatic rings. The van der Waals surface area contributed by atoms with Crippen molar-refractivity contribution in [3.63, 3.8) is 0 Å². The van der Waals surface area contributed by atoms with E-state index in [2.05, 4.69) is 37.0 Å². The van der Waals surface area contributed by atoms with Crippen molar-refractivity contribution in [1.82, 2.24) is 0 Å². The van der Waals surface area contributed by atoms with E-state index in [1.165, 1.54) is 64.2 Å². The van der Waals surface area contributed by atoms with E-state index in [1.807, 2.05) is 0 Å². The zero-order valence-corrected chi connectivity index (χ0v) is 16.8. The molecule has 115 valence electrons. The monoisotopic (exact) mass is 433 g/mol. The summed E-state index contributed by atoms with van der Waals surface area (Å²) < 4.78 is 4.13. The number of rotatable bonds is 0. The summed E-state index contributed by atoms with van der Waals surface area (Å²) in [4.78, 5) is 0. The molecule has 1 nitrogen and oxygen atoms in total. The van der Waals surface area contributed by atoms with Crippen molar-refractivity contribution < 1.29 is 20.9 Å². The molecule has 0 saturated heterocycles. The third-order valence-corrected chi connectivity index (χ3v) is 5.09. The molecule has 0 unspecified atom stereocenters. The van der Waals surface area contributed by atoms with E-state index in [1.54, 1.807) is 0 Å². The summed E-state index contributed by atoms with van der Waals surface area (Å²) in [5.41, 5.74) is 0.216. The zero-order valence-electron chi connectivity index (χ0n) is 13.6. The van der Waals surface area contributed by atoms with Gasteiger partial charge in [0.1, 0.15) is 0 Å². The van der Waals surface area contributed by atoms with Crippen LogP contribution >= 0.6 is 0 Å². The second-order valence-electron chi connectivity index (χ2n) is 6.12. The minimum Gasteiger partial charge on any atom is -0.358 e. The van der Waals surface area contributed by atoms with Crippen LogP contribution in [0.5, 0.6) is 0 Å². The fourth-order valence-electron chi connectivity index (χ4n) is 1.80. The van der Waals surface area contributed by atoms with Crippen LogP contribution in [0.1, 0.15) is 85.0 Å². The molecule has 2 aliphatic carbocycles. The molecule has 0 radical (unpaired) electrons. The summed E-state index contributed by atoms with van der Waals surface area (Å²) in [6, 6.07) is 0. The second-order valence-corrected chi connectivity index (χ2v) is 6.84. The zero-order chi connectivity index (χ0) is 13.7. The Hall–Kier alpha value is 0.540. The SMILES string of the molecule is CC(C)(C)[N]=[Ta].[CH-]1CCCCC1.[CH-]1CCCCC1.[CH3-]. The Kier molecular flexibility index (Phi) is 17.2. The summed E-state index contributed by atoms with van der Waals surface area (Å²) in [6.07, 6.45) is 19.0. The Bertz CT molecular complexity index is 141. The van der Waals surface area contributed by atoms with Crippen molar-refractivity contribution in [2.24, 2.45) is 3.34 Å². The largest absolute Gasteiger partial charge is 0.358 e. The Labute approximate surface area is 135 Å². The first kappa shape index (κ1) is 21.8. The van der Waals surface area contributed by atoms with Crippen LogP contribution in [0.4, 0.5) is 0 Å². The van der Waals surface area contributed by atoms with Crippen molar-refractivity contribution >= 4 is 0 Å². The predicted molar refractivity (Wildman–Crippen MR) is 83.4 cm³/mol. The molecule has 0 aromatic rings. The van der Waals surface area contributed by atoms with E-state index < -0.39 is 0 Å². The van der Waals surface area contributed by atoms with Gasteiger partial charge < -0.3 is 20.3 Å². The van der Waals surface area contributed by atoms with Gasteiger partial charge in [0.25, 0.3) is 0 Å². The van der Waals surface area contributed by atoms with Crippen molar-refractivity contribution in [3.05, 3.63) is 20.3 Å². The molecule has 2 heteroatoms. The van der Waals surface area contributed by atoms with Crippen LogP contribution in [-0.2, 0) is 20.9 Å². The summed E-state index contributed by atoms with van der Waals surface area (Å²) in [7, 11) is 0. The van der Waals surface area contributed by atoms with Gasteiger partial charge in [0.15, 0.2) is 0 Å². The molecule has 0 N–H and O–H groups in total. The Morgan fingerprint density at radius 3 is 1.05 bits per heavy atom. The molecule has 2 rings (SSSR count). The average Bonchev–Trinajstić information content (AvgIpc) is 2.43. The molecular weight excluding hydrogens is 399 g/mol. The van der Waals surface area contributed by atoms with E-state index in [9.17, 15) is 0 Å². The average molecular weight is 433 g/mol. The van der Waals surface area contributed by atoms with Crippen molar-refractivity contribution in [2.45, 2.75) is 90.5 Å². The molecule has 0 atom stereocenters. The van der Waals surface area contributed by atoms with Crippen LogP contribution in [0, 0.1) is 20.3 Å². The van der Waals surface area contributed by atoms with Gasteiger partial charge in [-0.15, -0.1) is 0 Å². The molecule has 0 amide bonds. The fraction of sp³-hybridized carbons (Fsp3) is 0.824. The maximum atomic E-state index is 4.13. The van der Waals surface area contributed by atoms with Gasteiger partial charge in [0, 0.05) is 0 Å². The van der Waals surface area contributed by atoms with Crippen LogP contribution in [-0.4, -0.2) is 5.54 Å². The van der Waals surface area contributed by atoms with Gasteiger partial charge in [-0.2, -0.15) is 25.7 Å². The van der Waals surface area contributed by atoms with Crippen LogP contribution < -0.4 is 0 Å². The van der Waals surface area contributed by atoms with Crippen molar-refractivity contribution in [3.8, 4) is 0 Å². The summed E-state index contributed by atoms with van der Waals surface area (Å²) in [5, 5.41) is 0. The normalized spacial score (nSPS) is 18.6. The van der Waals surface area contributed by atoms with E-state index in [4.69, 9.17) is 0 Å². The quantitative estimate of drug-likeness (QED) is 0.399. The standard InChI is InChI=1S/2C6H11.C4H9N.CH3.Ta/c2*1-2-4-6-5-3-1;1-4(2,3)5;;/h2*1H,2-6H2;1-3H3;1H3;/q2*-1;;-1;. The fourth-order valence-corrected chi connectivity index (χ4v) is 1.80. The van der Waals surface area contributed by atoms with Gasteiger partial charge in [-0.3, -0.25) is 0 Å². The summed E-state index contributed by atoms with van der Waals surface area (Å²) in [6.45, 7) is 6.31. The van der Waals surface area contributed by atoms with Gasteiger partial charge in [-0.05, 0) is 0 Å². The van der Waals surface area contributed by atoms with Gasteiger partial charge in [0.2, 0.25) is 0 Å². The molecule has 2 fully saturated rings. The minimum atomic E-state index is 0. The van der Waals surface area contributed by atoms with E-state index >= 15 is 0 Å². The van der Waals surface area contributed by atoms with E-state index in [0.717, 1.165) is 20.9 Å². The Morgan fingerprint density at radius 1 is 0.737 bits per heavy atom. The molecule has 0 bridgehead atoms. The van der Waals surface area contributed by atoms with Crippen LogP contribution in [0.25, 0.3) is 0 Å². The van der Waals surface area contributed by atoms with Gasteiger partial charge in [0.05, 0.1) is 0 Å². The van der Waals surface area contributed by atoms with Crippen LogP contribution in [0.2, 0.25) is 0 Å². The van der Waals surface area contributed by atoms with Crippen molar-refractivity contribution in [2.75, 3.05) is 0 Å².